The zero-order valence-electron chi connectivity index (χ0n) is 8.67. The molecule has 1 atom stereocenters. The van der Waals surface area contributed by atoms with E-state index in [9.17, 15) is 24.7 Å². The molecule has 96 valence electrons. The Morgan fingerprint density at radius 1 is 1.47 bits per heavy atom. The smallest absolute Gasteiger partial charge is 0.314 e. The lowest BCUT2D eigenvalue weighted by Crippen LogP contribution is -2.11. The molecule has 1 aromatic rings. The van der Waals surface area contributed by atoms with Crippen LogP contribution in [0.15, 0.2) is 12.1 Å². The Hall–Kier alpha value is -1.60. The predicted octanol–water partition coefficient (Wildman–Crippen LogP) is 1.79. The fourth-order valence-corrected chi connectivity index (χ4v) is 1.26. The molecule has 0 bridgehead atoms. The van der Waals surface area contributed by atoms with Gasteiger partial charge < -0.3 is 15.9 Å². The van der Waals surface area contributed by atoms with E-state index in [4.69, 9.17) is 5.73 Å². The van der Waals surface area contributed by atoms with Crippen molar-refractivity contribution >= 4 is 18.1 Å². The fourth-order valence-electron chi connectivity index (χ4n) is 1.26. The molecule has 0 saturated heterocycles. The summed E-state index contributed by atoms with van der Waals surface area (Å²) in [6.45, 7) is -0.670. The second kappa shape index (κ2) is 6.21. The van der Waals surface area contributed by atoms with Gasteiger partial charge in [-0.2, -0.15) is 0 Å². The van der Waals surface area contributed by atoms with Gasteiger partial charge in [-0.05, 0) is 18.1 Å². The maximum Gasteiger partial charge on any atom is 0.314 e. The minimum atomic E-state index is -0.847. The van der Waals surface area contributed by atoms with Crippen LogP contribution in [-0.2, 0) is 0 Å². The van der Waals surface area contributed by atoms with Crippen molar-refractivity contribution in [3.8, 4) is 11.5 Å². The average Bonchev–Trinajstić information content (AvgIpc) is 2.21. The quantitative estimate of drug-likeness (QED) is 0.437. The van der Waals surface area contributed by atoms with Crippen LogP contribution in [0.4, 0.5) is 10.1 Å². The van der Waals surface area contributed by atoms with Gasteiger partial charge in [0.15, 0.2) is 5.75 Å². The summed E-state index contributed by atoms with van der Waals surface area (Å²) in [7, 11) is 0. The number of phenols is 2. The van der Waals surface area contributed by atoms with Crippen molar-refractivity contribution in [3.63, 3.8) is 0 Å². The molecule has 0 aromatic heterocycles. The minimum absolute atomic E-state index is 0. The Kier molecular flexibility index (Phi) is 5.63. The minimum Gasteiger partial charge on any atom is -0.504 e. The number of phenolic OH excluding ortho intramolecular Hbond substituents is 2. The number of nitrogens with two attached hydrogens (primary N) is 1. The van der Waals surface area contributed by atoms with Crippen molar-refractivity contribution in [1.29, 1.82) is 0 Å². The van der Waals surface area contributed by atoms with E-state index in [-0.39, 0.29) is 24.4 Å². The molecule has 4 N–H and O–H groups in total. The highest BCUT2D eigenvalue weighted by molar-refractivity contribution is 5.85. The van der Waals surface area contributed by atoms with Crippen LogP contribution in [0.3, 0.4) is 0 Å². The van der Waals surface area contributed by atoms with Crippen LogP contribution in [0.25, 0.3) is 0 Å². The Labute approximate surface area is 102 Å². The molecule has 6 nitrogen and oxygen atoms in total. The first kappa shape index (κ1) is 15.4. The molecule has 17 heavy (non-hydrogen) atoms. The van der Waals surface area contributed by atoms with Crippen LogP contribution >= 0.6 is 12.4 Å². The first-order valence-electron chi connectivity index (χ1n) is 4.49. The van der Waals surface area contributed by atoms with E-state index in [1.165, 1.54) is 0 Å². The lowest BCUT2D eigenvalue weighted by atomic mass is 10.0. The van der Waals surface area contributed by atoms with Crippen molar-refractivity contribution in [2.75, 3.05) is 6.67 Å². The highest BCUT2D eigenvalue weighted by Gasteiger charge is 2.20. The Balaban J connectivity index is 0.00000256. The van der Waals surface area contributed by atoms with E-state index in [1.807, 2.05) is 0 Å². The largest absolute Gasteiger partial charge is 0.504 e. The number of benzene rings is 1. The molecule has 0 fully saturated rings. The van der Waals surface area contributed by atoms with Gasteiger partial charge in [0, 0.05) is 12.1 Å². The van der Waals surface area contributed by atoms with Gasteiger partial charge in [-0.25, -0.2) is 0 Å². The van der Waals surface area contributed by atoms with Gasteiger partial charge in [0.05, 0.1) is 11.6 Å². The summed E-state index contributed by atoms with van der Waals surface area (Å²) in [4.78, 5) is 9.68. The van der Waals surface area contributed by atoms with Crippen LogP contribution in [0.1, 0.15) is 18.0 Å². The molecular formula is C9H12ClFN2O4. The van der Waals surface area contributed by atoms with Crippen molar-refractivity contribution in [3.05, 3.63) is 27.8 Å². The van der Waals surface area contributed by atoms with Crippen LogP contribution < -0.4 is 5.73 Å². The molecule has 1 rings (SSSR count). The van der Waals surface area contributed by atoms with Crippen LogP contribution in [0.2, 0.25) is 0 Å². The second-order valence-corrected chi connectivity index (χ2v) is 3.25. The highest BCUT2D eigenvalue weighted by Crippen LogP contribution is 2.37. The summed E-state index contributed by atoms with van der Waals surface area (Å²) in [5, 5.41) is 29.0. The first-order valence-corrected chi connectivity index (χ1v) is 4.49. The third-order valence-electron chi connectivity index (χ3n) is 2.14. The van der Waals surface area contributed by atoms with Crippen LogP contribution in [0, 0.1) is 10.1 Å². The summed E-state index contributed by atoms with van der Waals surface area (Å²) in [5.74, 6) is -1.46. The normalized spacial score (nSPS) is 11.6. The van der Waals surface area contributed by atoms with E-state index in [0.29, 0.717) is 0 Å². The number of rotatable bonds is 4. The molecule has 0 amide bonds. The van der Waals surface area contributed by atoms with Gasteiger partial charge in [0.1, 0.15) is 0 Å². The molecule has 0 aliphatic carbocycles. The molecule has 0 aliphatic rings. The highest BCUT2D eigenvalue weighted by atomic mass is 35.5. The number of nitro benzene ring substituents is 1. The van der Waals surface area contributed by atoms with Gasteiger partial charge in [-0.3, -0.25) is 14.5 Å². The van der Waals surface area contributed by atoms with E-state index in [0.717, 1.165) is 12.1 Å². The third kappa shape index (κ3) is 3.43. The summed E-state index contributed by atoms with van der Waals surface area (Å²) in [6, 6.07) is 1.35. The molecular weight excluding hydrogens is 255 g/mol. The Morgan fingerprint density at radius 3 is 2.53 bits per heavy atom. The second-order valence-electron chi connectivity index (χ2n) is 3.25. The van der Waals surface area contributed by atoms with Gasteiger partial charge >= 0.3 is 5.69 Å². The zero-order chi connectivity index (χ0) is 12.3. The molecule has 0 spiro atoms. The zero-order valence-corrected chi connectivity index (χ0v) is 9.48. The van der Waals surface area contributed by atoms with E-state index >= 15 is 0 Å². The number of nitrogens with zero attached hydrogens (tertiary/aromatic N) is 1. The molecule has 0 unspecified atom stereocenters. The Bertz CT molecular complexity index is 416. The van der Waals surface area contributed by atoms with Crippen molar-refractivity contribution < 1.29 is 19.5 Å². The summed E-state index contributed by atoms with van der Waals surface area (Å²) < 4.78 is 12.0. The van der Waals surface area contributed by atoms with Gasteiger partial charge in [0.25, 0.3) is 0 Å². The predicted molar refractivity (Wildman–Crippen MR) is 61.2 cm³/mol. The van der Waals surface area contributed by atoms with E-state index < -0.39 is 34.8 Å². The standard InChI is InChI=1S/C9H11FN2O4.ClH/c10-2-1-6(11)5-3-7(12(15)16)9(14)8(13)4-5;/h3-4,6,13-14H,1-2,11H2;1H/t6-;/m1./s1. The van der Waals surface area contributed by atoms with E-state index in [1.54, 1.807) is 0 Å². The number of halogens is 2. The summed E-state index contributed by atoms with van der Waals surface area (Å²) in [6.07, 6.45) is -0.0125. The molecule has 0 saturated carbocycles. The average molecular weight is 267 g/mol. The van der Waals surface area contributed by atoms with Gasteiger partial charge in [0.2, 0.25) is 5.75 Å². The monoisotopic (exact) mass is 266 g/mol. The summed E-state index contributed by atoms with van der Waals surface area (Å²) in [5.41, 5.74) is 5.10. The summed E-state index contributed by atoms with van der Waals surface area (Å²) >= 11 is 0. The third-order valence-corrected chi connectivity index (χ3v) is 2.14. The number of alkyl halides is 1. The first-order chi connectivity index (χ1) is 7.47. The number of nitro groups is 1. The Morgan fingerprint density at radius 2 is 2.06 bits per heavy atom. The van der Waals surface area contributed by atoms with Crippen molar-refractivity contribution in [2.45, 2.75) is 12.5 Å². The SMILES string of the molecule is Cl.N[C@H](CCF)c1cc(O)c(O)c([N+](=O)[O-])c1. The molecule has 1 aromatic carbocycles. The number of aromatic hydroxyl groups is 2. The topological polar surface area (TPSA) is 110 Å². The van der Waals surface area contributed by atoms with Gasteiger partial charge in [-0.15, -0.1) is 12.4 Å². The van der Waals surface area contributed by atoms with Crippen molar-refractivity contribution in [1.82, 2.24) is 0 Å². The van der Waals surface area contributed by atoms with Crippen LogP contribution in [0.5, 0.6) is 11.5 Å². The molecule has 8 heteroatoms. The molecule has 0 heterocycles. The molecule has 0 radical (unpaired) electrons. The number of hydrogen-bond donors (Lipinski definition) is 3. The van der Waals surface area contributed by atoms with Gasteiger partial charge in [-0.1, -0.05) is 0 Å². The fraction of sp³-hybridized carbons (Fsp3) is 0.333. The maximum atomic E-state index is 12.0. The van der Waals surface area contributed by atoms with Crippen LogP contribution in [-0.4, -0.2) is 21.8 Å². The lowest BCUT2D eigenvalue weighted by Gasteiger charge is -2.10. The number of hydrogen-bond acceptors (Lipinski definition) is 5. The maximum absolute atomic E-state index is 12.0. The van der Waals surface area contributed by atoms with E-state index in [2.05, 4.69) is 0 Å². The van der Waals surface area contributed by atoms with Crippen molar-refractivity contribution in [2.24, 2.45) is 5.73 Å². The molecule has 0 aliphatic heterocycles. The lowest BCUT2D eigenvalue weighted by molar-refractivity contribution is -0.386.